The first-order valence-corrected chi connectivity index (χ1v) is 13.1. The van der Waals surface area contributed by atoms with Crippen molar-refractivity contribution in [2.24, 2.45) is 5.92 Å². The minimum Gasteiger partial charge on any atom is -0.331 e. The van der Waals surface area contributed by atoms with Gasteiger partial charge in [0.25, 0.3) is 5.97 Å². The number of hydrogen-bond acceptors (Lipinski definition) is 3. The molecule has 0 saturated heterocycles. The molecule has 3 nitrogen and oxygen atoms in total. The standard InChI is InChI=1S/C28H47F3O3/c1-6-7-8-9-10-14-19-25(28(32-4,33-5)34-23(2)3)20-15-12-11-13-17-24-18-16-21-26(22-24)27(29,30)31/h16,18,21-23,25H,6-15,17,19-20H2,1-5H3. The maximum Gasteiger partial charge on any atom is 0.416 e. The highest BCUT2D eigenvalue weighted by atomic mass is 19.4. The zero-order valence-electron chi connectivity index (χ0n) is 22.0. The van der Waals surface area contributed by atoms with Crippen LogP contribution in [-0.4, -0.2) is 26.3 Å². The molecule has 198 valence electrons. The van der Waals surface area contributed by atoms with Crippen LogP contribution in [0.15, 0.2) is 24.3 Å². The molecule has 0 heterocycles. The summed E-state index contributed by atoms with van der Waals surface area (Å²) in [5, 5.41) is 0. The van der Waals surface area contributed by atoms with Crippen LogP contribution in [0.4, 0.5) is 13.2 Å². The van der Waals surface area contributed by atoms with E-state index in [-0.39, 0.29) is 12.0 Å². The summed E-state index contributed by atoms with van der Waals surface area (Å²) in [5.74, 6) is -0.894. The first kappa shape index (κ1) is 30.9. The van der Waals surface area contributed by atoms with Gasteiger partial charge in [-0.1, -0.05) is 82.9 Å². The minimum atomic E-state index is -4.28. The smallest absolute Gasteiger partial charge is 0.331 e. The van der Waals surface area contributed by atoms with Crippen LogP contribution < -0.4 is 0 Å². The largest absolute Gasteiger partial charge is 0.416 e. The monoisotopic (exact) mass is 488 g/mol. The Morgan fingerprint density at radius 2 is 1.35 bits per heavy atom. The van der Waals surface area contributed by atoms with E-state index in [9.17, 15) is 13.2 Å². The van der Waals surface area contributed by atoms with E-state index < -0.39 is 17.7 Å². The maximum atomic E-state index is 12.9. The zero-order valence-corrected chi connectivity index (χ0v) is 22.0. The van der Waals surface area contributed by atoms with Crippen molar-refractivity contribution in [1.29, 1.82) is 0 Å². The fraction of sp³-hybridized carbons (Fsp3) is 0.786. The molecule has 1 aromatic carbocycles. The van der Waals surface area contributed by atoms with Crippen molar-refractivity contribution in [3.8, 4) is 0 Å². The average molecular weight is 489 g/mol. The van der Waals surface area contributed by atoms with E-state index in [1.54, 1.807) is 20.3 Å². The molecule has 1 atom stereocenters. The van der Waals surface area contributed by atoms with Gasteiger partial charge in [-0.05, 0) is 51.2 Å². The third kappa shape index (κ3) is 11.5. The van der Waals surface area contributed by atoms with Gasteiger partial charge in [0.2, 0.25) is 0 Å². The van der Waals surface area contributed by atoms with Crippen molar-refractivity contribution in [2.75, 3.05) is 14.2 Å². The fourth-order valence-corrected chi connectivity index (χ4v) is 4.58. The lowest BCUT2D eigenvalue weighted by Gasteiger charge is -2.39. The van der Waals surface area contributed by atoms with Crippen molar-refractivity contribution in [1.82, 2.24) is 0 Å². The van der Waals surface area contributed by atoms with Gasteiger partial charge in [0.05, 0.1) is 11.7 Å². The topological polar surface area (TPSA) is 27.7 Å². The number of methoxy groups -OCH3 is 2. The molecular weight excluding hydrogens is 441 g/mol. The zero-order chi connectivity index (χ0) is 25.5. The molecular formula is C28H47F3O3. The normalized spacial score (nSPS) is 13.6. The summed E-state index contributed by atoms with van der Waals surface area (Å²) in [4.78, 5) is 0. The second-order valence-corrected chi connectivity index (χ2v) is 9.58. The Morgan fingerprint density at radius 1 is 0.794 bits per heavy atom. The summed E-state index contributed by atoms with van der Waals surface area (Å²) in [6.07, 6.45) is 9.62. The van der Waals surface area contributed by atoms with Crippen molar-refractivity contribution in [3.05, 3.63) is 35.4 Å². The van der Waals surface area contributed by atoms with Gasteiger partial charge < -0.3 is 14.2 Å². The number of rotatable bonds is 19. The molecule has 0 aromatic heterocycles. The molecule has 0 saturated carbocycles. The molecule has 0 spiro atoms. The number of ether oxygens (including phenoxy) is 3. The molecule has 0 radical (unpaired) electrons. The lowest BCUT2D eigenvalue weighted by molar-refractivity contribution is -0.399. The number of alkyl halides is 3. The summed E-state index contributed by atoms with van der Waals surface area (Å²) >= 11 is 0. The van der Waals surface area contributed by atoms with Gasteiger partial charge >= 0.3 is 6.18 Å². The third-order valence-electron chi connectivity index (χ3n) is 6.40. The van der Waals surface area contributed by atoms with Crippen LogP contribution >= 0.6 is 0 Å². The Bertz CT molecular complexity index is 642. The van der Waals surface area contributed by atoms with Crippen molar-refractivity contribution < 1.29 is 27.4 Å². The van der Waals surface area contributed by atoms with Crippen molar-refractivity contribution in [3.63, 3.8) is 0 Å². The predicted octanol–water partition coefficient (Wildman–Crippen LogP) is 8.94. The summed E-state index contributed by atoms with van der Waals surface area (Å²) in [6.45, 7) is 6.20. The molecule has 0 fully saturated rings. The van der Waals surface area contributed by atoms with Gasteiger partial charge in [-0.15, -0.1) is 0 Å². The molecule has 1 aromatic rings. The molecule has 0 N–H and O–H groups in total. The Kier molecular flexibility index (Phi) is 15.0. The van der Waals surface area contributed by atoms with Crippen LogP contribution in [0.25, 0.3) is 0 Å². The van der Waals surface area contributed by atoms with E-state index in [2.05, 4.69) is 6.92 Å². The molecule has 0 aliphatic carbocycles. The molecule has 34 heavy (non-hydrogen) atoms. The van der Waals surface area contributed by atoms with Crippen LogP contribution in [0.2, 0.25) is 0 Å². The Labute approximate surface area is 205 Å². The van der Waals surface area contributed by atoms with Gasteiger partial charge in [-0.3, -0.25) is 0 Å². The quantitative estimate of drug-likeness (QED) is 0.144. The molecule has 0 aliphatic heterocycles. The molecule has 0 amide bonds. The third-order valence-corrected chi connectivity index (χ3v) is 6.40. The average Bonchev–Trinajstić information content (AvgIpc) is 2.80. The molecule has 6 heteroatoms. The van der Waals surface area contributed by atoms with Crippen LogP contribution in [0.1, 0.15) is 109 Å². The second-order valence-electron chi connectivity index (χ2n) is 9.58. The SMILES string of the molecule is CCCCCCCCC(CCCCCCc1cccc(C(F)(F)F)c1)C(OC)(OC)OC(C)C. The van der Waals surface area contributed by atoms with Crippen LogP contribution in [0, 0.1) is 5.92 Å². The Hall–Kier alpha value is -1.11. The summed E-state index contributed by atoms with van der Waals surface area (Å²) in [7, 11) is 3.30. The van der Waals surface area contributed by atoms with Gasteiger partial charge in [0.15, 0.2) is 0 Å². The van der Waals surface area contributed by atoms with Crippen LogP contribution in [0.3, 0.4) is 0 Å². The number of aryl methyl sites for hydroxylation is 1. The molecule has 1 unspecified atom stereocenters. The highest BCUT2D eigenvalue weighted by molar-refractivity contribution is 5.25. The summed E-state index contributed by atoms with van der Waals surface area (Å²) in [6, 6.07) is 5.67. The minimum absolute atomic E-state index is 0.0144. The highest BCUT2D eigenvalue weighted by Gasteiger charge is 2.41. The number of halogens is 3. The Morgan fingerprint density at radius 3 is 1.88 bits per heavy atom. The lowest BCUT2D eigenvalue weighted by atomic mass is 9.91. The molecule has 1 rings (SSSR count). The van der Waals surface area contributed by atoms with Gasteiger partial charge in [-0.25, -0.2) is 0 Å². The van der Waals surface area contributed by atoms with Gasteiger partial charge in [0.1, 0.15) is 0 Å². The fourth-order valence-electron chi connectivity index (χ4n) is 4.58. The predicted molar refractivity (Wildman–Crippen MR) is 133 cm³/mol. The Balaban J connectivity index is 2.55. The lowest BCUT2D eigenvalue weighted by Crippen LogP contribution is -2.46. The van der Waals surface area contributed by atoms with Crippen LogP contribution in [0.5, 0.6) is 0 Å². The first-order valence-electron chi connectivity index (χ1n) is 13.1. The van der Waals surface area contributed by atoms with Gasteiger partial charge in [-0.2, -0.15) is 13.2 Å². The van der Waals surface area contributed by atoms with Crippen molar-refractivity contribution in [2.45, 2.75) is 122 Å². The van der Waals surface area contributed by atoms with E-state index in [0.717, 1.165) is 56.6 Å². The van der Waals surface area contributed by atoms with Crippen LogP contribution in [-0.2, 0) is 26.8 Å². The van der Waals surface area contributed by atoms with Crippen molar-refractivity contribution >= 4 is 0 Å². The second kappa shape index (κ2) is 16.5. The summed E-state index contributed by atoms with van der Waals surface area (Å²) in [5.41, 5.74) is 0.182. The highest BCUT2D eigenvalue weighted by Crippen LogP contribution is 2.35. The number of unbranched alkanes of at least 4 members (excludes halogenated alkanes) is 8. The van der Waals surface area contributed by atoms with E-state index in [1.807, 2.05) is 13.8 Å². The van der Waals surface area contributed by atoms with E-state index in [1.165, 1.54) is 44.2 Å². The summed E-state index contributed by atoms with van der Waals surface area (Å²) < 4.78 is 56.4. The van der Waals surface area contributed by atoms with E-state index >= 15 is 0 Å². The maximum absolute atomic E-state index is 12.9. The van der Waals surface area contributed by atoms with E-state index in [4.69, 9.17) is 14.2 Å². The number of benzene rings is 1. The van der Waals surface area contributed by atoms with E-state index in [0.29, 0.717) is 6.42 Å². The first-order chi connectivity index (χ1) is 16.2. The van der Waals surface area contributed by atoms with Gasteiger partial charge in [0, 0.05) is 20.1 Å². The molecule has 0 aliphatic rings. The number of hydrogen-bond donors (Lipinski definition) is 0. The molecule has 0 bridgehead atoms.